The van der Waals surface area contributed by atoms with Crippen LogP contribution in [0.15, 0.2) is 42.7 Å². The van der Waals surface area contributed by atoms with Crippen molar-refractivity contribution in [1.82, 2.24) is 9.88 Å². The average molecular weight is 341 g/mol. The van der Waals surface area contributed by atoms with Gasteiger partial charge in [0.05, 0.1) is 25.5 Å². The van der Waals surface area contributed by atoms with Crippen LogP contribution in [0.4, 0.5) is 5.69 Å². The van der Waals surface area contributed by atoms with E-state index in [1.54, 1.807) is 38.7 Å². The van der Waals surface area contributed by atoms with Gasteiger partial charge in [-0.25, -0.2) is 0 Å². The Kier molecular flexibility index (Phi) is 5.38. The number of aromatic nitrogens is 1. The summed E-state index contributed by atoms with van der Waals surface area (Å²) in [6.45, 7) is 1.44. The fourth-order valence-electron chi connectivity index (χ4n) is 3.05. The summed E-state index contributed by atoms with van der Waals surface area (Å²) in [5.41, 5.74) is 1.56. The molecular formula is C19H23N3O3. The van der Waals surface area contributed by atoms with Gasteiger partial charge in [-0.3, -0.25) is 9.78 Å². The van der Waals surface area contributed by atoms with Crippen LogP contribution in [0.25, 0.3) is 0 Å². The molecule has 6 nitrogen and oxygen atoms in total. The molecule has 3 rings (SSSR count). The lowest BCUT2D eigenvalue weighted by Gasteiger charge is -2.33. The van der Waals surface area contributed by atoms with Gasteiger partial charge >= 0.3 is 0 Å². The van der Waals surface area contributed by atoms with Gasteiger partial charge in [-0.1, -0.05) is 0 Å². The van der Waals surface area contributed by atoms with Crippen LogP contribution in [0.3, 0.4) is 0 Å². The second kappa shape index (κ2) is 7.88. The number of methoxy groups -OCH3 is 2. The van der Waals surface area contributed by atoms with Crippen LogP contribution < -0.4 is 14.8 Å². The van der Waals surface area contributed by atoms with E-state index in [2.05, 4.69) is 10.3 Å². The number of rotatable bonds is 5. The van der Waals surface area contributed by atoms with Gasteiger partial charge in [0, 0.05) is 37.6 Å². The Labute approximate surface area is 147 Å². The minimum Gasteiger partial charge on any atom is -0.497 e. The molecule has 0 bridgehead atoms. The number of hydrogen-bond donors (Lipinski definition) is 1. The number of pyridine rings is 1. The summed E-state index contributed by atoms with van der Waals surface area (Å²) in [5, 5.41) is 3.52. The van der Waals surface area contributed by atoms with Crippen molar-refractivity contribution in [3.63, 3.8) is 0 Å². The molecule has 1 aliphatic heterocycles. The van der Waals surface area contributed by atoms with E-state index in [1.165, 1.54) is 0 Å². The van der Waals surface area contributed by atoms with Crippen LogP contribution in [0, 0.1) is 0 Å². The van der Waals surface area contributed by atoms with Crippen molar-refractivity contribution in [1.29, 1.82) is 0 Å². The van der Waals surface area contributed by atoms with Gasteiger partial charge in [0.1, 0.15) is 11.5 Å². The molecule has 2 heterocycles. The number of ether oxygens (including phenoxy) is 2. The van der Waals surface area contributed by atoms with E-state index < -0.39 is 0 Å². The fourth-order valence-corrected chi connectivity index (χ4v) is 3.05. The van der Waals surface area contributed by atoms with E-state index in [1.807, 2.05) is 23.1 Å². The standard InChI is InChI=1S/C19H23N3O3/c1-24-16-5-6-18(25-2)17(12-16)21-15-7-10-22(11-8-15)19(23)14-4-3-9-20-13-14/h3-6,9,12-13,15,21H,7-8,10-11H2,1-2H3. The summed E-state index contributed by atoms with van der Waals surface area (Å²) in [5.74, 6) is 1.62. The molecule has 25 heavy (non-hydrogen) atoms. The van der Waals surface area contributed by atoms with Gasteiger partial charge in [0.15, 0.2) is 0 Å². The van der Waals surface area contributed by atoms with Crippen molar-refractivity contribution in [2.75, 3.05) is 32.6 Å². The number of piperidine rings is 1. The van der Waals surface area contributed by atoms with E-state index >= 15 is 0 Å². The Morgan fingerprint density at radius 2 is 2.00 bits per heavy atom. The second-order valence-electron chi connectivity index (χ2n) is 6.02. The molecule has 1 aromatic heterocycles. The summed E-state index contributed by atoms with van der Waals surface area (Å²) in [7, 11) is 3.30. The van der Waals surface area contributed by atoms with E-state index in [9.17, 15) is 4.79 Å². The van der Waals surface area contributed by atoms with Gasteiger partial charge in [0.25, 0.3) is 5.91 Å². The number of carbonyl (C=O) groups is 1. The maximum Gasteiger partial charge on any atom is 0.255 e. The zero-order valence-electron chi connectivity index (χ0n) is 14.6. The summed E-state index contributed by atoms with van der Waals surface area (Å²) in [6.07, 6.45) is 5.06. The number of amides is 1. The molecule has 6 heteroatoms. The van der Waals surface area contributed by atoms with Crippen LogP contribution >= 0.6 is 0 Å². The lowest BCUT2D eigenvalue weighted by molar-refractivity contribution is 0.0718. The van der Waals surface area contributed by atoms with Crippen LogP contribution in [-0.2, 0) is 0 Å². The lowest BCUT2D eigenvalue weighted by Crippen LogP contribution is -2.42. The Hall–Kier alpha value is -2.76. The fraction of sp³-hybridized carbons (Fsp3) is 0.368. The van der Waals surface area contributed by atoms with Gasteiger partial charge < -0.3 is 19.7 Å². The van der Waals surface area contributed by atoms with E-state index in [0.29, 0.717) is 11.6 Å². The first-order valence-corrected chi connectivity index (χ1v) is 8.39. The van der Waals surface area contributed by atoms with E-state index in [0.717, 1.165) is 43.1 Å². The Balaban J connectivity index is 1.60. The van der Waals surface area contributed by atoms with E-state index in [4.69, 9.17) is 9.47 Å². The van der Waals surface area contributed by atoms with Crippen molar-refractivity contribution in [2.45, 2.75) is 18.9 Å². The molecule has 0 spiro atoms. The molecule has 0 atom stereocenters. The van der Waals surface area contributed by atoms with E-state index in [-0.39, 0.29) is 5.91 Å². The van der Waals surface area contributed by atoms with Crippen molar-refractivity contribution in [3.8, 4) is 11.5 Å². The maximum atomic E-state index is 12.5. The molecule has 132 valence electrons. The summed E-state index contributed by atoms with van der Waals surface area (Å²) in [4.78, 5) is 18.4. The molecule has 1 saturated heterocycles. The molecule has 0 radical (unpaired) electrons. The second-order valence-corrected chi connectivity index (χ2v) is 6.02. The number of nitrogens with one attached hydrogen (secondary N) is 1. The molecule has 2 aromatic rings. The number of likely N-dealkylation sites (tertiary alicyclic amines) is 1. The van der Waals surface area contributed by atoms with Crippen LogP contribution in [0.1, 0.15) is 23.2 Å². The average Bonchev–Trinajstić information content (AvgIpc) is 2.68. The monoisotopic (exact) mass is 341 g/mol. The zero-order chi connectivity index (χ0) is 17.6. The van der Waals surface area contributed by atoms with Gasteiger partial charge in [-0.15, -0.1) is 0 Å². The molecule has 0 saturated carbocycles. The van der Waals surface area contributed by atoms with Crippen LogP contribution in [0.2, 0.25) is 0 Å². The highest BCUT2D eigenvalue weighted by atomic mass is 16.5. The van der Waals surface area contributed by atoms with Crippen molar-refractivity contribution in [3.05, 3.63) is 48.3 Å². The molecule has 1 fully saturated rings. The van der Waals surface area contributed by atoms with Crippen LogP contribution in [0.5, 0.6) is 11.5 Å². The van der Waals surface area contributed by atoms with Crippen molar-refractivity contribution >= 4 is 11.6 Å². The number of hydrogen-bond acceptors (Lipinski definition) is 5. The first-order chi connectivity index (χ1) is 12.2. The first kappa shape index (κ1) is 17.1. The highest BCUT2D eigenvalue weighted by Gasteiger charge is 2.24. The molecule has 1 N–H and O–H groups in total. The van der Waals surface area contributed by atoms with Gasteiger partial charge in [-0.05, 0) is 37.1 Å². The predicted molar refractivity (Wildman–Crippen MR) is 96.3 cm³/mol. The normalized spacial score (nSPS) is 14.9. The van der Waals surface area contributed by atoms with Crippen molar-refractivity contribution < 1.29 is 14.3 Å². The highest BCUT2D eigenvalue weighted by Crippen LogP contribution is 2.30. The Bertz CT molecular complexity index is 713. The first-order valence-electron chi connectivity index (χ1n) is 8.39. The Morgan fingerprint density at radius 1 is 1.20 bits per heavy atom. The maximum absolute atomic E-state index is 12.5. The topological polar surface area (TPSA) is 63.7 Å². The van der Waals surface area contributed by atoms with Crippen LogP contribution in [-0.4, -0.2) is 49.1 Å². The zero-order valence-corrected chi connectivity index (χ0v) is 14.6. The highest BCUT2D eigenvalue weighted by molar-refractivity contribution is 5.93. The minimum absolute atomic E-state index is 0.0468. The van der Waals surface area contributed by atoms with Crippen molar-refractivity contribution in [2.24, 2.45) is 0 Å². The SMILES string of the molecule is COc1ccc(OC)c(NC2CCN(C(=O)c3cccnc3)CC2)c1. The largest absolute Gasteiger partial charge is 0.497 e. The number of anilines is 1. The van der Waals surface area contributed by atoms with Gasteiger partial charge in [-0.2, -0.15) is 0 Å². The molecular weight excluding hydrogens is 318 g/mol. The third-order valence-electron chi connectivity index (χ3n) is 4.46. The minimum atomic E-state index is 0.0468. The molecule has 0 unspecified atom stereocenters. The quantitative estimate of drug-likeness (QED) is 0.906. The number of carbonyl (C=O) groups excluding carboxylic acids is 1. The lowest BCUT2D eigenvalue weighted by atomic mass is 10.0. The molecule has 1 amide bonds. The predicted octanol–water partition coefficient (Wildman–Crippen LogP) is 2.82. The summed E-state index contributed by atoms with van der Waals surface area (Å²) < 4.78 is 10.7. The summed E-state index contributed by atoms with van der Waals surface area (Å²) >= 11 is 0. The third-order valence-corrected chi connectivity index (χ3v) is 4.46. The number of nitrogens with zero attached hydrogens (tertiary/aromatic N) is 2. The Morgan fingerprint density at radius 3 is 2.64 bits per heavy atom. The van der Waals surface area contributed by atoms with Gasteiger partial charge in [0.2, 0.25) is 0 Å². The summed E-state index contributed by atoms with van der Waals surface area (Å²) in [6, 6.07) is 9.59. The molecule has 1 aromatic carbocycles. The molecule has 1 aliphatic rings. The molecule has 0 aliphatic carbocycles. The third kappa shape index (κ3) is 4.02. The smallest absolute Gasteiger partial charge is 0.255 e. The number of benzene rings is 1.